The summed E-state index contributed by atoms with van der Waals surface area (Å²) in [6.45, 7) is 11.8. The van der Waals surface area contributed by atoms with Gasteiger partial charge in [-0.2, -0.15) is 0 Å². The third kappa shape index (κ3) is 3.53. The van der Waals surface area contributed by atoms with Crippen molar-refractivity contribution in [3.8, 4) is 5.69 Å². The Hall–Kier alpha value is -3.08. The Labute approximate surface area is 172 Å². The van der Waals surface area contributed by atoms with Gasteiger partial charge in [-0.05, 0) is 76.9 Å². The molecule has 2 heterocycles. The van der Waals surface area contributed by atoms with Gasteiger partial charge in [0, 0.05) is 28.8 Å². The second-order valence-corrected chi connectivity index (χ2v) is 7.78. The first-order valence-electron chi connectivity index (χ1n) is 9.78. The van der Waals surface area contributed by atoms with E-state index in [0.717, 1.165) is 22.6 Å². The lowest BCUT2D eigenvalue weighted by Gasteiger charge is -2.22. The Morgan fingerprint density at radius 3 is 2.38 bits per heavy atom. The molecule has 5 heteroatoms. The second-order valence-electron chi connectivity index (χ2n) is 7.78. The maximum atomic E-state index is 13.1. The molecule has 1 aliphatic rings. The molecule has 0 unspecified atom stereocenters. The van der Waals surface area contributed by atoms with Crippen molar-refractivity contribution in [2.24, 2.45) is 0 Å². The number of benzene rings is 1. The third-order valence-electron chi connectivity index (χ3n) is 5.38. The minimum absolute atomic E-state index is 0.0484. The topological polar surface area (TPSA) is 51.5 Å². The number of rotatable bonds is 4. The Balaban J connectivity index is 2.16. The number of aryl methyl sites for hydroxylation is 2. The molecule has 0 aliphatic carbocycles. The zero-order valence-electron chi connectivity index (χ0n) is 18.2. The van der Waals surface area contributed by atoms with Gasteiger partial charge in [0.15, 0.2) is 0 Å². The summed E-state index contributed by atoms with van der Waals surface area (Å²) < 4.78 is 7.13. The van der Waals surface area contributed by atoms with Crippen molar-refractivity contribution >= 4 is 18.0 Å². The Kier molecular flexibility index (Phi) is 5.51. The van der Waals surface area contributed by atoms with Crippen LogP contribution in [0.25, 0.3) is 11.8 Å². The van der Waals surface area contributed by atoms with E-state index in [1.54, 1.807) is 11.8 Å². The number of amides is 1. The third-order valence-corrected chi connectivity index (χ3v) is 5.38. The molecule has 0 bridgehead atoms. The van der Waals surface area contributed by atoms with Crippen molar-refractivity contribution in [1.82, 2.24) is 9.47 Å². The molecule has 0 spiro atoms. The number of carbonyl (C=O) groups excluding carboxylic acids is 2. The van der Waals surface area contributed by atoms with Crippen molar-refractivity contribution in [2.75, 3.05) is 7.11 Å². The van der Waals surface area contributed by atoms with Crippen LogP contribution in [0.2, 0.25) is 0 Å². The van der Waals surface area contributed by atoms with Crippen LogP contribution in [0.15, 0.2) is 47.2 Å². The minimum Gasteiger partial charge on any atom is -0.465 e. The minimum atomic E-state index is -0.488. The van der Waals surface area contributed by atoms with E-state index in [1.165, 1.54) is 12.7 Å². The lowest BCUT2D eigenvalue weighted by atomic mass is 10.0. The molecule has 0 atom stereocenters. The first kappa shape index (κ1) is 20.6. The van der Waals surface area contributed by atoms with Crippen molar-refractivity contribution < 1.29 is 14.3 Å². The summed E-state index contributed by atoms with van der Waals surface area (Å²) >= 11 is 0. The molecule has 0 N–H and O–H groups in total. The molecule has 0 radical (unpaired) electrons. The van der Waals surface area contributed by atoms with Crippen molar-refractivity contribution in [2.45, 2.75) is 47.6 Å². The molecule has 0 fully saturated rings. The van der Waals surface area contributed by atoms with Gasteiger partial charge in [0.05, 0.1) is 18.3 Å². The summed E-state index contributed by atoms with van der Waals surface area (Å²) in [4.78, 5) is 27.2. The van der Waals surface area contributed by atoms with Gasteiger partial charge in [-0.1, -0.05) is 12.1 Å². The van der Waals surface area contributed by atoms with Gasteiger partial charge >= 0.3 is 5.97 Å². The summed E-state index contributed by atoms with van der Waals surface area (Å²) in [7, 11) is 1.34. The van der Waals surface area contributed by atoms with E-state index in [9.17, 15) is 9.59 Å². The second kappa shape index (κ2) is 7.74. The summed E-state index contributed by atoms with van der Waals surface area (Å²) in [5.74, 6) is -0.656. The number of carbonyl (C=O) groups is 2. The molecule has 0 saturated carbocycles. The first-order chi connectivity index (χ1) is 13.7. The molecule has 5 nitrogen and oxygen atoms in total. The quantitative estimate of drug-likeness (QED) is 0.569. The smallest absolute Gasteiger partial charge is 0.340 e. The fourth-order valence-electron chi connectivity index (χ4n) is 4.07. The summed E-state index contributed by atoms with van der Waals surface area (Å²) in [6, 6.07) is 10.3. The monoisotopic (exact) mass is 392 g/mol. The number of hydrogen-bond donors (Lipinski definition) is 0. The highest BCUT2D eigenvalue weighted by Gasteiger charge is 2.38. The maximum absolute atomic E-state index is 13.1. The fraction of sp³-hybridized carbons (Fsp3) is 0.333. The number of methoxy groups -OCH3 is 1. The molecule has 1 aromatic carbocycles. The Morgan fingerprint density at radius 2 is 1.79 bits per heavy atom. The van der Waals surface area contributed by atoms with Crippen LogP contribution in [0.4, 0.5) is 0 Å². The molecule has 152 valence electrons. The first-order valence-corrected chi connectivity index (χ1v) is 9.78. The Morgan fingerprint density at radius 1 is 1.10 bits per heavy atom. The van der Waals surface area contributed by atoms with Gasteiger partial charge in [0.2, 0.25) is 0 Å². The molecular formula is C24H28N2O3. The zero-order valence-corrected chi connectivity index (χ0v) is 18.2. The maximum Gasteiger partial charge on any atom is 0.340 e. The highest BCUT2D eigenvalue weighted by molar-refractivity contribution is 6.16. The zero-order chi connectivity index (χ0) is 21.5. The predicted molar refractivity (Wildman–Crippen MR) is 115 cm³/mol. The van der Waals surface area contributed by atoms with Crippen LogP contribution >= 0.6 is 0 Å². The number of hydrogen-bond acceptors (Lipinski definition) is 3. The van der Waals surface area contributed by atoms with Crippen molar-refractivity contribution in [3.63, 3.8) is 0 Å². The summed E-state index contributed by atoms with van der Waals surface area (Å²) in [5, 5.41) is 0. The van der Waals surface area contributed by atoms with Gasteiger partial charge in [-0.3, -0.25) is 4.79 Å². The lowest BCUT2D eigenvalue weighted by molar-refractivity contribution is -0.136. The largest absolute Gasteiger partial charge is 0.465 e. The average molecular weight is 392 g/mol. The van der Waals surface area contributed by atoms with E-state index in [1.807, 2.05) is 45.9 Å². The van der Waals surface area contributed by atoms with Gasteiger partial charge < -0.3 is 14.2 Å². The van der Waals surface area contributed by atoms with Crippen LogP contribution in [0.3, 0.4) is 0 Å². The van der Waals surface area contributed by atoms with E-state index in [-0.39, 0.29) is 11.9 Å². The average Bonchev–Trinajstić information content (AvgIpc) is 3.07. The van der Waals surface area contributed by atoms with Crippen LogP contribution in [-0.4, -0.2) is 34.5 Å². The van der Waals surface area contributed by atoms with E-state index in [0.29, 0.717) is 16.8 Å². The molecular weight excluding hydrogens is 364 g/mol. The predicted octanol–water partition coefficient (Wildman–Crippen LogP) is 4.48. The SMILES string of the molecule is COC(=O)C1=C(C)N(C(C)C)C(=O)/C1=C\c1cc(C)n(-c2cccc(C)c2)c1C. The highest BCUT2D eigenvalue weighted by atomic mass is 16.5. The standard InChI is InChI=1S/C24H28N2O3/c1-14(2)25-18(6)22(24(28)29-7)21(23(25)27)13-19-12-16(4)26(17(19)5)20-10-8-9-15(3)11-20/h8-14H,1-7H3/b21-13-. The number of ether oxygens (including phenoxy) is 1. The van der Waals surface area contributed by atoms with Gasteiger partial charge in [0.1, 0.15) is 0 Å². The van der Waals surface area contributed by atoms with Crippen LogP contribution in [0.5, 0.6) is 0 Å². The van der Waals surface area contributed by atoms with E-state index in [2.05, 4.69) is 29.7 Å². The van der Waals surface area contributed by atoms with E-state index >= 15 is 0 Å². The fourth-order valence-corrected chi connectivity index (χ4v) is 4.07. The molecule has 1 aliphatic heterocycles. The lowest BCUT2D eigenvalue weighted by Crippen LogP contribution is -2.31. The summed E-state index contributed by atoms with van der Waals surface area (Å²) in [5.41, 5.74) is 6.60. The summed E-state index contributed by atoms with van der Waals surface area (Å²) in [6.07, 6.45) is 1.81. The number of nitrogens with zero attached hydrogens (tertiary/aromatic N) is 2. The number of allylic oxidation sites excluding steroid dienone is 1. The van der Waals surface area contributed by atoms with Crippen LogP contribution in [0, 0.1) is 20.8 Å². The van der Waals surface area contributed by atoms with E-state index in [4.69, 9.17) is 4.74 Å². The highest BCUT2D eigenvalue weighted by Crippen LogP contribution is 2.34. The van der Waals surface area contributed by atoms with Gasteiger partial charge in [-0.25, -0.2) is 4.79 Å². The van der Waals surface area contributed by atoms with Crippen LogP contribution in [-0.2, 0) is 14.3 Å². The van der Waals surface area contributed by atoms with Crippen molar-refractivity contribution in [1.29, 1.82) is 0 Å². The molecule has 1 amide bonds. The van der Waals surface area contributed by atoms with Crippen LogP contribution < -0.4 is 0 Å². The van der Waals surface area contributed by atoms with Gasteiger partial charge in [0.25, 0.3) is 5.91 Å². The molecule has 29 heavy (non-hydrogen) atoms. The normalized spacial score (nSPS) is 15.8. The van der Waals surface area contributed by atoms with Crippen LogP contribution in [0.1, 0.15) is 43.3 Å². The van der Waals surface area contributed by atoms with Gasteiger partial charge in [-0.15, -0.1) is 0 Å². The molecule has 1 aromatic heterocycles. The molecule has 0 saturated heterocycles. The number of esters is 1. The molecule has 3 rings (SSSR count). The van der Waals surface area contributed by atoms with E-state index < -0.39 is 5.97 Å². The van der Waals surface area contributed by atoms with Crippen molar-refractivity contribution in [3.05, 3.63) is 69.7 Å². The molecule has 2 aromatic rings. The number of aromatic nitrogens is 1. The Bertz CT molecular complexity index is 1050.